The summed E-state index contributed by atoms with van der Waals surface area (Å²) in [6.45, 7) is 5.09. The molecular formula is C16H22N2O3. The van der Waals surface area contributed by atoms with Gasteiger partial charge < -0.3 is 14.8 Å². The molecule has 0 aliphatic rings. The zero-order valence-electron chi connectivity index (χ0n) is 12.5. The maximum Gasteiger partial charge on any atom is 0.335 e. The third kappa shape index (κ3) is 3.42. The van der Waals surface area contributed by atoms with Crippen LogP contribution in [0.1, 0.15) is 42.9 Å². The molecule has 0 bridgehead atoms. The zero-order chi connectivity index (χ0) is 15.4. The normalized spacial score (nSPS) is 12.7. The number of aryl methyl sites for hydroxylation is 1. The Morgan fingerprint density at radius 3 is 2.81 bits per heavy atom. The molecule has 1 aromatic carbocycles. The van der Waals surface area contributed by atoms with Gasteiger partial charge in [-0.1, -0.05) is 13.8 Å². The van der Waals surface area contributed by atoms with E-state index in [4.69, 9.17) is 10.2 Å². The highest BCUT2D eigenvalue weighted by Crippen LogP contribution is 2.21. The van der Waals surface area contributed by atoms with Crippen LogP contribution in [-0.4, -0.2) is 32.3 Å². The third-order valence-corrected chi connectivity index (χ3v) is 3.66. The Hall–Kier alpha value is -1.88. The summed E-state index contributed by atoms with van der Waals surface area (Å²) in [6.07, 6.45) is 2.58. The van der Waals surface area contributed by atoms with E-state index in [2.05, 4.69) is 23.4 Å². The van der Waals surface area contributed by atoms with Crippen LogP contribution in [0.4, 0.5) is 0 Å². The van der Waals surface area contributed by atoms with Crippen molar-refractivity contribution in [3.63, 3.8) is 0 Å². The van der Waals surface area contributed by atoms with E-state index in [1.54, 1.807) is 18.2 Å². The predicted molar refractivity (Wildman–Crippen MR) is 81.6 cm³/mol. The topological polar surface area (TPSA) is 75.3 Å². The van der Waals surface area contributed by atoms with Crippen molar-refractivity contribution in [2.45, 2.75) is 39.7 Å². The van der Waals surface area contributed by atoms with Crippen LogP contribution in [0.5, 0.6) is 0 Å². The van der Waals surface area contributed by atoms with Gasteiger partial charge in [0.15, 0.2) is 0 Å². The number of hydrogen-bond acceptors (Lipinski definition) is 3. The Labute approximate surface area is 124 Å². The van der Waals surface area contributed by atoms with Gasteiger partial charge in [-0.25, -0.2) is 9.78 Å². The molecule has 0 aliphatic heterocycles. The van der Waals surface area contributed by atoms with Crippen LogP contribution in [0.2, 0.25) is 0 Å². The smallest absolute Gasteiger partial charge is 0.335 e. The molecule has 0 radical (unpaired) electrons. The second-order valence-electron chi connectivity index (χ2n) is 5.51. The van der Waals surface area contributed by atoms with Crippen LogP contribution in [0.25, 0.3) is 11.0 Å². The number of carboxylic acids is 1. The molecule has 0 amide bonds. The Kier molecular flexibility index (Phi) is 4.96. The molecule has 5 heteroatoms. The number of aliphatic hydroxyl groups excluding tert-OH is 1. The molecule has 114 valence electrons. The van der Waals surface area contributed by atoms with Gasteiger partial charge in [-0.05, 0) is 37.0 Å². The number of nitrogens with zero attached hydrogens (tertiary/aromatic N) is 2. The van der Waals surface area contributed by atoms with E-state index < -0.39 is 5.97 Å². The van der Waals surface area contributed by atoms with E-state index in [0.717, 1.165) is 42.7 Å². The summed E-state index contributed by atoms with van der Waals surface area (Å²) in [6, 6.07) is 5.05. The SMILES string of the molecule is CCCc1nc2ccc(C(=O)O)cc2n1CC(C)CCO. The maximum atomic E-state index is 11.2. The van der Waals surface area contributed by atoms with Crippen LogP contribution >= 0.6 is 0 Å². The fraction of sp³-hybridized carbons (Fsp3) is 0.500. The summed E-state index contributed by atoms with van der Waals surface area (Å²) in [7, 11) is 0. The number of aromatic carboxylic acids is 1. The molecular weight excluding hydrogens is 268 g/mol. The predicted octanol–water partition coefficient (Wildman–Crippen LogP) is 2.71. The molecule has 5 nitrogen and oxygen atoms in total. The number of fused-ring (bicyclic) bond motifs is 1. The van der Waals surface area contributed by atoms with Gasteiger partial charge in [-0.15, -0.1) is 0 Å². The average Bonchev–Trinajstić information content (AvgIpc) is 2.77. The fourth-order valence-electron chi connectivity index (χ4n) is 2.55. The minimum Gasteiger partial charge on any atom is -0.478 e. The number of benzene rings is 1. The Morgan fingerprint density at radius 1 is 1.43 bits per heavy atom. The lowest BCUT2D eigenvalue weighted by Crippen LogP contribution is -2.12. The molecule has 2 aromatic rings. The van der Waals surface area contributed by atoms with Gasteiger partial charge in [0.05, 0.1) is 16.6 Å². The first kappa shape index (κ1) is 15.5. The lowest BCUT2D eigenvalue weighted by Gasteiger charge is -2.14. The molecule has 21 heavy (non-hydrogen) atoms. The van der Waals surface area contributed by atoms with Crippen molar-refractivity contribution in [2.24, 2.45) is 5.92 Å². The summed E-state index contributed by atoms with van der Waals surface area (Å²) in [5, 5.41) is 18.2. The zero-order valence-corrected chi connectivity index (χ0v) is 12.5. The Morgan fingerprint density at radius 2 is 2.19 bits per heavy atom. The minimum absolute atomic E-state index is 0.164. The highest BCUT2D eigenvalue weighted by atomic mass is 16.4. The van der Waals surface area contributed by atoms with Gasteiger partial charge in [0.1, 0.15) is 5.82 Å². The number of rotatable bonds is 7. The highest BCUT2D eigenvalue weighted by Gasteiger charge is 2.14. The van der Waals surface area contributed by atoms with Gasteiger partial charge in [0, 0.05) is 19.6 Å². The van der Waals surface area contributed by atoms with Crippen molar-refractivity contribution >= 4 is 17.0 Å². The van der Waals surface area contributed by atoms with E-state index in [0.29, 0.717) is 5.92 Å². The molecule has 0 fully saturated rings. The molecule has 0 saturated carbocycles. The number of aromatic nitrogens is 2. The Bertz CT molecular complexity index is 634. The first-order chi connectivity index (χ1) is 10.1. The quantitative estimate of drug-likeness (QED) is 0.822. The number of aliphatic hydroxyl groups is 1. The van der Waals surface area contributed by atoms with Crippen LogP contribution in [0, 0.1) is 5.92 Å². The lowest BCUT2D eigenvalue weighted by molar-refractivity contribution is 0.0697. The van der Waals surface area contributed by atoms with E-state index in [9.17, 15) is 4.79 Å². The lowest BCUT2D eigenvalue weighted by atomic mass is 10.1. The van der Waals surface area contributed by atoms with Crippen molar-refractivity contribution in [1.82, 2.24) is 9.55 Å². The summed E-state index contributed by atoms with van der Waals surface area (Å²) < 4.78 is 2.10. The third-order valence-electron chi connectivity index (χ3n) is 3.66. The van der Waals surface area contributed by atoms with Crippen molar-refractivity contribution < 1.29 is 15.0 Å². The van der Waals surface area contributed by atoms with Gasteiger partial charge in [-0.3, -0.25) is 0 Å². The van der Waals surface area contributed by atoms with Crippen LogP contribution in [0.3, 0.4) is 0 Å². The molecule has 1 atom stereocenters. The average molecular weight is 290 g/mol. The Balaban J connectivity index is 2.48. The number of hydrogen-bond donors (Lipinski definition) is 2. The van der Waals surface area contributed by atoms with Crippen molar-refractivity contribution in [3.8, 4) is 0 Å². The summed E-state index contributed by atoms with van der Waals surface area (Å²) in [5.41, 5.74) is 1.98. The molecule has 1 unspecified atom stereocenters. The molecule has 0 aliphatic carbocycles. The largest absolute Gasteiger partial charge is 0.478 e. The van der Waals surface area contributed by atoms with Crippen LogP contribution in [-0.2, 0) is 13.0 Å². The molecule has 2 rings (SSSR count). The van der Waals surface area contributed by atoms with Gasteiger partial charge >= 0.3 is 5.97 Å². The molecule has 1 aromatic heterocycles. The van der Waals surface area contributed by atoms with Gasteiger partial charge in [0.2, 0.25) is 0 Å². The summed E-state index contributed by atoms with van der Waals surface area (Å²) in [4.78, 5) is 15.8. The summed E-state index contributed by atoms with van der Waals surface area (Å²) in [5.74, 6) is 0.376. The molecule has 0 spiro atoms. The number of imidazole rings is 1. The molecule has 2 N–H and O–H groups in total. The number of carboxylic acid groups (broad SMARTS) is 1. The molecule has 1 heterocycles. The van der Waals surface area contributed by atoms with Crippen molar-refractivity contribution in [1.29, 1.82) is 0 Å². The van der Waals surface area contributed by atoms with Crippen LogP contribution < -0.4 is 0 Å². The van der Waals surface area contributed by atoms with E-state index in [-0.39, 0.29) is 12.2 Å². The first-order valence-electron chi connectivity index (χ1n) is 7.40. The van der Waals surface area contributed by atoms with E-state index in [1.165, 1.54) is 0 Å². The second-order valence-corrected chi connectivity index (χ2v) is 5.51. The maximum absolute atomic E-state index is 11.2. The number of carbonyl (C=O) groups is 1. The van der Waals surface area contributed by atoms with Crippen molar-refractivity contribution in [3.05, 3.63) is 29.6 Å². The minimum atomic E-state index is -0.926. The molecule has 0 saturated heterocycles. The monoisotopic (exact) mass is 290 g/mol. The first-order valence-corrected chi connectivity index (χ1v) is 7.40. The van der Waals surface area contributed by atoms with Gasteiger partial charge in [0.25, 0.3) is 0 Å². The van der Waals surface area contributed by atoms with Gasteiger partial charge in [-0.2, -0.15) is 0 Å². The van der Waals surface area contributed by atoms with Crippen LogP contribution in [0.15, 0.2) is 18.2 Å². The highest BCUT2D eigenvalue weighted by molar-refractivity contribution is 5.92. The summed E-state index contributed by atoms with van der Waals surface area (Å²) >= 11 is 0. The second kappa shape index (κ2) is 6.72. The fourth-order valence-corrected chi connectivity index (χ4v) is 2.55. The van der Waals surface area contributed by atoms with E-state index in [1.807, 2.05) is 0 Å². The van der Waals surface area contributed by atoms with E-state index >= 15 is 0 Å². The van der Waals surface area contributed by atoms with Crippen molar-refractivity contribution in [2.75, 3.05) is 6.61 Å². The standard InChI is InChI=1S/C16H22N2O3/c1-3-4-15-17-13-6-5-12(16(20)21)9-14(13)18(15)10-11(2)7-8-19/h5-6,9,11,19H,3-4,7-8,10H2,1-2H3,(H,20,21).